The van der Waals surface area contributed by atoms with E-state index >= 15 is 0 Å². The second-order valence-corrected chi connectivity index (χ2v) is 10.3. The number of halogens is 2. The summed E-state index contributed by atoms with van der Waals surface area (Å²) >= 11 is 0. The minimum absolute atomic E-state index is 0. The van der Waals surface area contributed by atoms with Crippen molar-refractivity contribution in [3.05, 3.63) is 131 Å². The van der Waals surface area contributed by atoms with Gasteiger partial charge in [-0.05, 0) is 62.5 Å². The zero-order valence-corrected chi connectivity index (χ0v) is 23.7. The van der Waals surface area contributed by atoms with Crippen LogP contribution in [0.1, 0.15) is 36.1 Å². The molecule has 2 aliphatic carbocycles. The summed E-state index contributed by atoms with van der Waals surface area (Å²) in [6.07, 6.45) is 4.17. The summed E-state index contributed by atoms with van der Waals surface area (Å²) in [4.78, 5) is 8.91. The van der Waals surface area contributed by atoms with Gasteiger partial charge in [0.2, 0.25) is 0 Å². The van der Waals surface area contributed by atoms with Crippen molar-refractivity contribution >= 4 is 21.5 Å². The van der Waals surface area contributed by atoms with Crippen LogP contribution in [0, 0.1) is 23.8 Å². The van der Waals surface area contributed by atoms with E-state index in [0.29, 0.717) is 17.5 Å². The standard InChI is InChI=1S/C18H13FN.C16H9FN.Ir/c1-18(2)13-7-3-5-11-9-10-20-17(15(11)13)12-6-4-8-14(19)16(12)18;17-14-6-2-5-12-13(14)9-11-4-1-3-10-7-8-18-16(12)15(10)11;/h3-5,7-10H,1-2H3;1-4,6-8H,9H2;/q2*-1;. The Labute approximate surface area is 239 Å². The van der Waals surface area contributed by atoms with E-state index in [4.69, 9.17) is 0 Å². The van der Waals surface area contributed by atoms with Gasteiger partial charge in [0.1, 0.15) is 0 Å². The van der Waals surface area contributed by atoms with E-state index in [1.165, 1.54) is 12.1 Å². The third-order valence-corrected chi connectivity index (χ3v) is 7.80. The van der Waals surface area contributed by atoms with Gasteiger partial charge < -0.3 is 9.97 Å². The van der Waals surface area contributed by atoms with Crippen molar-refractivity contribution in [3.63, 3.8) is 0 Å². The normalized spacial score (nSPS) is 13.5. The maximum absolute atomic E-state index is 14.4. The topological polar surface area (TPSA) is 25.8 Å². The first-order valence-corrected chi connectivity index (χ1v) is 12.6. The molecule has 6 aromatic rings. The molecule has 1 radical (unpaired) electrons. The van der Waals surface area contributed by atoms with Gasteiger partial charge in [-0.25, -0.2) is 8.78 Å². The van der Waals surface area contributed by atoms with E-state index in [1.807, 2.05) is 30.3 Å². The number of rotatable bonds is 0. The SMILES string of the molecule is CC1(C)c2c([c-]ccc2F)-c2nccc3cccc1c23.Fc1cc[c-]c2c1Cc1cccc3ccnc-2c13.[Ir]. The average Bonchev–Trinajstić information content (AvgIpc) is 2.93. The predicted molar refractivity (Wildman–Crippen MR) is 147 cm³/mol. The van der Waals surface area contributed by atoms with Gasteiger partial charge in [0, 0.05) is 44.1 Å². The van der Waals surface area contributed by atoms with Gasteiger partial charge >= 0.3 is 0 Å². The Morgan fingerprint density at radius 3 is 2.08 bits per heavy atom. The molecule has 193 valence electrons. The predicted octanol–water partition coefficient (Wildman–Crippen LogP) is 8.22. The van der Waals surface area contributed by atoms with Crippen LogP contribution in [0.2, 0.25) is 0 Å². The van der Waals surface area contributed by atoms with Crippen molar-refractivity contribution in [3.8, 4) is 22.5 Å². The zero-order valence-electron chi connectivity index (χ0n) is 21.3. The number of hydrogen-bond donors (Lipinski definition) is 0. The maximum Gasteiger partial charge on any atom is 0.0459 e. The second-order valence-electron chi connectivity index (χ2n) is 10.3. The molecule has 0 bridgehead atoms. The number of benzene rings is 4. The second kappa shape index (κ2) is 9.44. The van der Waals surface area contributed by atoms with Crippen LogP contribution >= 0.6 is 0 Å². The molecule has 0 saturated carbocycles. The largest absolute Gasteiger partial charge is 0.304 e. The maximum atomic E-state index is 14.4. The fourth-order valence-corrected chi connectivity index (χ4v) is 6.07. The Morgan fingerprint density at radius 2 is 1.33 bits per heavy atom. The van der Waals surface area contributed by atoms with Crippen LogP contribution in [-0.4, -0.2) is 9.97 Å². The van der Waals surface area contributed by atoms with Gasteiger partial charge in [-0.15, -0.1) is 47.5 Å². The summed E-state index contributed by atoms with van der Waals surface area (Å²) in [5.41, 5.74) is 6.57. The number of hydrogen-bond acceptors (Lipinski definition) is 2. The summed E-state index contributed by atoms with van der Waals surface area (Å²) in [7, 11) is 0. The summed E-state index contributed by atoms with van der Waals surface area (Å²) in [6.45, 7) is 4.13. The first-order chi connectivity index (χ1) is 18.4. The van der Waals surface area contributed by atoms with Gasteiger partial charge in [-0.2, -0.15) is 0 Å². The van der Waals surface area contributed by atoms with Crippen molar-refractivity contribution in [2.45, 2.75) is 25.7 Å². The van der Waals surface area contributed by atoms with E-state index in [2.05, 4.69) is 54.1 Å². The Morgan fingerprint density at radius 1 is 0.718 bits per heavy atom. The molecular weight excluding hydrogens is 667 g/mol. The van der Waals surface area contributed by atoms with Crippen molar-refractivity contribution in [2.24, 2.45) is 0 Å². The Hall–Kier alpha value is -3.79. The molecule has 0 amide bonds. The molecule has 5 heteroatoms. The number of aromatic nitrogens is 2. The molecule has 0 unspecified atom stereocenters. The number of fused-ring (bicyclic) bond motifs is 4. The number of nitrogens with zero attached hydrogens (tertiary/aromatic N) is 2. The molecule has 0 N–H and O–H groups in total. The molecule has 0 saturated heterocycles. The molecular formula is C34H22F2IrN2-2. The van der Waals surface area contributed by atoms with E-state index < -0.39 is 0 Å². The van der Waals surface area contributed by atoms with E-state index in [1.54, 1.807) is 24.5 Å². The van der Waals surface area contributed by atoms with Crippen LogP contribution in [0.3, 0.4) is 0 Å². The molecule has 0 aliphatic heterocycles. The van der Waals surface area contributed by atoms with Crippen LogP contribution < -0.4 is 0 Å². The molecule has 2 aliphatic rings. The molecule has 8 rings (SSSR count). The van der Waals surface area contributed by atoms with Gasteiger partial charge in [0.15, 0.2) is 0 Å². The summed E-state index contributed by atoms with van der Waals surface area (Å²) in [5.74, 6) is -0.353. The van der Waals surface area contributed by atoms with Crippen LogP contribution in [0.5, 0.6) is 0 Å². The fourth-order valence-electron chi connectivity index (χ4n) is 6.07. The van der Waals surface area contributed by atoms with Gasteiger partial charge in [0.25, 0.3) is 0 Å². The van der Waals surface area contributed by atoms with Crippen molar-refractivity contribution in [1.29, 1.82) is 0 Å². The van der Waals surface area contributed by atoms with E-state index in [-0.39, 0.29) is 37.2 Å². The first-order valence-electron chi connectivity index (χ1n) is 12.6. The third-order valence-electron chi connectivity index (χ3n) is 7.80. The smallest absolute Gasteiger partial charge is 0.0459 e. The van der Waals surface area contributed by atoms with Gasteiger partial charge in [-0.3, -0.25) is 0 Å². The Balaban J connectivity index is 0.000000139. The quantitative estimate of drug-likeness (QED) is 0.150. The Kier molecular flexibility index (Phi) is 6.17. The third kappa shape index (κ3) is 3.83. The minimum atomic E-state index is -0.382. The fraction of sp³-hybridized carbons (Fsp3) is 0.118. The summed E-state index contributed by atoms with van der Waals surface area (Å²) < 4.78 is 28.3. The van der Waals surface area contributed by atoms with E-state index in [0.717, 1.165) is 55.2 Å². The van der Waals surface area contributed by atoms with Crippen molar-refractivity contribution in [2.75, 3.05) is 0 Å². The molecule has 39 heavy (non-hydrogen) atoms. The molecule has 2 nitrogen and oxygen atoms in total. The number of pyridine rings is 2. The van der Waals surface area contributed by atoms with Crippen molar-refractivity contribution < 1.29 is 28.9 Å². The monoisotopic (exact) mass is 689 g/mol. The van der Waals surface area contributed by atoms with E-state index in [9.17, 15) is 8.78 Å². The first kappa shape index (κ1) is 25.5. The molecule has 4 aromatic carbocycles. The van der Waals surface area contributed by atoms with Gasteiger partial charge in [-0.1, -0.05) is 66.9 Å². The zero-order chi connectivity index (χ0) is 26.0. The molecule has 0 fully saturated rings. The average molecular weight is 689 g/mol. The van der Waals surface area contributed by atoms with Crippen LogP contribution in [-0.2, 0) is 31.9 Å². The molecule has 2 aromatic heterocycles. The van der Waals surface area contributed by atoms with Crippen LogP contribution in [0.15, 0.2) is 85.2 Å². The molecule has 2 heterocycles. The van der Waals surface area contributed by atoms with Gasteiger partial charge in [0.05, 0.1) is 0 Å². The summed E-state index contributed by atoms with van der Waals surface area (Å²) in [5, 5.41) is 4.55. The Bertz CT molecular complexity index is 1900. The van der Waals surface area contributed by atoms with Crippen LogP contribution in [0.4, 0.5) is 8.78 Å². The van der Waals surface area contributed by atoms with Crippen LogP contribution in [0.25, 0.3) is 44.1 Å². The minimum Gasteiger partial charge on any atom is -0.304 e. The molecule has 0 atom stereocenters. The molecule has 0 spiro atoms. The summed E-state index contributed by atoms with van der Waals surface area (Å²) in [6, 6.07) is 28.8. The van der Waals surface area contributed by atoms with Crippen molar-refractivity contribution in [1.82, 2.24) is 9.97 Å².